The van der Waals surface area contributed by atoms with Crippen LogP contribution >= 0.6 is 0 Å². The van der Waals surface area contributed by atoms with E-state index in [0.717, 1.165) is 33.4 Å². The fourth-order valence-electron chi connectivity index (χ4n) is 3.93. The third kappa shape index (κ3) is 2.99. The quantitative estimate of drug-likeness (QED) is 0.498. The Balaban J connectivity index is 2.11. The molecule has 0 aliphatic rings. The molecule has 5 nitrogen and oxygen atoms in total. The molecule has 3 aromatic carbocycles. The molecule has 0 radical (unpaired) electrons. The summed E-state index contributed by atoms with van der Waals surface area (Å²) in [5.41, 5.74) is 4.20. The van der Waals surface area contributed by atoms with Crippen LogP contribution in [0, 0.1) is 6.92 Å². The molecule has 0 saturated carbocycles. The number of hydrogen-bond donors (Lipinski definition) is 1. The summed E-state index contributed by atoms with van der Waals surface area (Å²) in [5.74, 6) is -0.230. The van der Waals surface area contributed by atoms with E-state index in [2.05, 4.69) is 4.57 Å². The van der Waals surface area contributed by atoms with E-state index in [0.29, 0.717) is 17.6 Å². The molecular formula is C24H24N2O3. The number of anilines is 1. The van der Waals surface area contributed by atoms with Gasteiger partial charge in [-0.05, 0) is 44.2 Å². The van der Waals surface area contributed by atoms with E-state index < -0.39 is 0 Å². The number of fused-ring (bicyclic) bond motifs is 3. The zero-order valence-electron chi connectivity index (χ0n) is 17.1. The van der Waals surface area contributed by atoms with Crippen molar-refractivity contribution in [2.45, 2.75) is 13.8 Å². The minimum atomic E-state index is -0.381. The number of phenolic OH excluding ortho intramolecular Hbond substituents is 1. The normalized spacial score (nSPS) is 11.2. The second-order valence-corrected chi connectivity index (χ2v) is 7.26. The van der Waals surface area contributed by atoms with E-state index in [1.165, 1.54) is 0 Å². The molecule has 0 aliphatic carbocycles. The summed E-state index contributed by atoms with van der Waals surface area (Å²) in [7, 11) is 4.00. The van der Waals surface area contributed by atoms with E-state index in [9.17, 15) is 9.90 Å². The van der Waals surface area contributed by atoms with Crippen LogP contribution in [0.3, 0.4) is 0 Å². The number of aromatic nitrogens is 1. The number of phenols is 1. The zero-order valence-corrected chi connectivity index (χ0v) is 17.1. The van der Waals surface area contributed by atoms with Crippen molar-refractivity contribution < 1.29 is 14.6 Å². The molecule has 0 unspecified atom stereocenters. The highest BCUT2D eigenvalue weighted by molar-refractivity contribution is 6.16. The molecule has 0 spiro atoms. The molecule has 1 heterocycles. The lowest BCUT2D eigenvalue weighted by molar-refractivity contribution is 0.0527. The Labute approximate surface area is 169 Å². The van der Waals surface area contributed by atoms with E-state index in [1.807, 2.05) is 74.4 Å². The van der Waals surface area contributed by atoms with Crippen LogP contribution in [-0.2, 0) is 4.74 Å². The molecule has 0 aliphatic heterocycles. The van der Waals surface area contributed by atoms with Gasteiger partial charge in [0.1, 0.15) is 5.75 Å². The first-order chi connectivity index (χ1) is 13.9. The van der Waals surface area contributed by atoms with E-state index in [-0.39, 0.29) is 11.7 Å². The summed E-state index contributed by atoms with van der Waals surface area (Å²) in [5, 5.41) is 12.9. The molecule has 0 fully saturated rings. The Bertz CT molecular complexity index is 1220. The third-order valence-corrected chi connectivity index (χ3v) is 5.29. The Morgan fingerprint density at radius 2 is 1.69 bits per heavy atom. The molecule has 4 rings (SSSR count). The van der Waals surface area contributed by atoms with Gasteiger partial charge in [-0.3, -0.25) is 0 Å². The van der Waals surface area contributed by atoms with Crippen molar-refractivity contribution in [1.82, 2.24) is 4.57 Å². The minimum absolute atomic E-state index is 0.152. The molecule has 1 aromatic heterocycles. The van der Waals surface area contributed by atoms with Gasteiger partial charge in [0.2, 0.25) is 0 Å². The van der Waals surface area contributed by atoms with Gasteiger partial charge in [-0.1, -0.05) is 24.3 Å². The molecule has 5 heteroatoms. The first kappa shape index (κ1) is 18.9. The van der Waals surface area contributed by atoms with E-state index in [4.69, 9.17) is 4.74 Å². The summed E-state index contributed by atoms with van der Waals surface area (Å²) in [6.45, 7) is 4.00. The lowest BCUT2D eigenvalue weighted by Gasteiger charge is -2.15. The lowest BCUT2D eigenvalue weighted by Crippen LogP contribution is -2.09. The fraction of sp³-hybridized carbons (Fsp3) is 0.208. The number of ether oxygens (including phenoxy) is 1. The van der Waals surface area contributed by atoms with Crippen molar-refractivity contribution in [1.29, 1.82) is 0 Å². The number of carbonyl (C=O) groups excluding carboxylic acids is 1. The predicted molar refractivity (Wildman–Crippen MR) is 117 cm³/mol. The average molecular weight is 388 g/mol. The second-order valence-electron chi connectivity index (χ2n) is 7.26. The maximum atomic E-state index is 12.8. The summed E-state index contributed by atoms with van der Waals surface area (Å²) in [4.78, 5) is 14.8. The van der Waals surface area contributed by atoms with Crippen molar-refractivity contribution in [2.75, 3.05) is 25.6 Å². The Morgan fingerprint density at radius 3 is 2.31 bits per heavy atom. The van der Waals surface area contributed by atoms with Gasteiger partial charge in [-0.25, -0.2) is 4.79 Å². The number of benzene rings is 3. The Kier molecular flexibility index (Phi) is 4.66. The van der Waals surface area contributed by atoms with Gasteiger partial charge < -0.3 is 19.3 Å². The predicted octanol–water partition coefficient (Wildman–Crippen LogP) is 5.04. The molecule has 4 aromatic rings. The number of nitrogens with zero attached hydrogens (tertiary/aromatic N) is 2. The minimum Gasteiger partial charge on any atom is -0.507 e. The molecule has 29 heavy (non-hydrogen) atoms. The fourth-order valence-corrected chi connectivity index (χ4v) is 3.93. The van der Waals surface area contributed by atoms with Gasteiger partial charge in [0.25, 0.3) is 0 Å². The highest BCUT2D eigenvalue weighted by Gasteiger charge is 2.24. The van der Waals surface area contributed by atoms with Gasteiger partial charge in [0.15, 0.2) is 0 Å². The largest absolute Gasteiger partial charge is 0.507 e. The van der Waals surface area contributed by atoms with Crippen LogP contribution < -0.4 is 4.90 Å². The summed E-state index contributed by atoms with van der Waals surface area (Å²) >= 11 is 0. The van der Waals surface area contributed by atoms with Gasteiger partial charge >= 0.3 is 5.97 Å². The monoisotopic (exact) mass is 388 g/mol. The van der Waals surface area contributed by atoms with Crippen molar-refractivity contribution >= 4 is 33.3 Å². The van der Waals surface area contributed by atoms with Gasteiger partial charge in [0, 0.05) is 47.3 Å². The summed E-state index contributed by atoms with van der Waals surface area (Å²) in [6, 6.07) is 17.5. The molecule has 1 N–H and O–H groups in total. The summed E-state index contributed by atoms with van der Waals surface area (Å²) in [6.07, 6.45) is 0. The topological polar surface area (TPSA) is 54.7 Å². The van der Waals surface area contributed by atoms with Crippen molar-refractivity contribution in [3.05, 3.63) is 65.9 Å². The molecule has 0 atom stereocenters. The average Bonchev–Trinajstić information content (AvgIpc) is 3.00. The van der Waals surface area contributed by atoms with Crippen LogP contribution in [0.5, 0.6) is 5.75 Å². The number of aromatic hydroxyl groups is 1. The number of esters is 1. The van der Waals surface area contributed by atoms with Gasteiger partial charge in [-0.2, -0.15) is 0 Å². The molecule has 0 bridgehead atoms. The van der Waals surface area contributed by atoms with Crippen LogP contribution in [0.1, 0.15) is 23.0 Å². The smallest absolute Gasteiger partial charge is 0.340 e. The van der Waals surface area contributed by atoms with E-state index >= 15 is 0 Å². The highest BCUT2D eigenvalue weighted by Crippen LogP contribution is 2.39. The Morgan fingerprint density at radius 1 is 1.03 bits per heavy atom. The number of rotatable bonds is 4. The van der Waals surface area contributed by atoms with Crippen LogP contribution in [0.25, 0.3) is 27.4 Å². The number of carbonyl (C=O) groups is 1. The number of hydrogen-bond acceptors (Lipinski definition) is 4. The SMILES string of the molecule is CCOC(=O)c1c(C)n(-c2ccc(N(C)C)cc2)c2c1cc(O)c1ccccc12. The summed E-state index contributed by atoms with van der Waals surface area (Å²) < 4.78 is 7.40. The second kappa shape index (κ2) is 7.17. The standard InChI is InChI=1S/C24H24N2O3/c1-5-29-24(28)22-15(2)26(17-12-10-16(11-13-17)25(3)4)23-19-9-7-6-8-18(19)21(27)14-20(22)23/h6-14,27H,5H2,1-4H3. The van der Waals surface area contributed by atoms with Crippen molar-refractivity contribution in [3.63, 3.8) is 0 Å². The highest BCUT2D eigenvalue weighted by atomic mass is 16.5. The van der Waals surface area contributed by atoms with Crippen LogP contribution in [0.4, 0.5) is 5.69 Å². The van der Waals surface area contributed by atoms with Crippen molar-refractivity contribution in [3.8, 4) is 11.4 Å². The van der Waals surface area contributed by atoms with E-state index in [1.54, 1.807) is 13.0 Å². The first-order valence-corrected chi connectivity index (χ1v) is 9.64. The molecular weight excluding hydrogens is 364 g/mol. The maximum absolute atomic E-state index is 12.8. The molecule has 0 saturated heterocycles. The maximum Gasteiger partial charge on any atom is 0.340 e. The van der Waals surface area contributed by atoms with Gasteiger partial charge in [-0.15, -0.1) is 0 Å². The first-order valence-electron chi connectivity index (χ1n) is 9.64. The van der Waals surface area contributed by atoms with Crippen LogP contribution in [0.2, 0.25) is 0 Å². The van der Waals surface area contributed by atoms with Gasteiger partial charge in [0.05, 0.1) is 17.7 Å². The van der Waals surface area contributed by atoms with Crippen molar-refractivity contribution in [2.24, 2.45) is 0 Å². The third-order valence-electron chi connectivity index (χ3n) is 5.29. The van der Waals surface area contributed by atoms with Crippen LogP contribution in [0.15, 0.2) is 54.6 Å². The Hall–Kier alpha value is -3.47. The lowest BCUT2D eigenvalue weighted by atomic mass is 10.0. The molecule has 0 amide bonds. The zero-order chi connectivity index (χ0) is 20.7. The molecule has 148 valence electrons. The van der Waals surface area contributed by atoms with Crippen LogP contribution in [-0.4, -0.2) is 36.3 Å².